The number of nitrogens with zero attached hydrogens (tertiary/aromatic N) is 3. The Bertz CT molecular complexity index is 1430. The first-order valence-electron chi connectivity index (χ1n) is 12.2. The van der Waals surface area contributed by atoms with Gasteiger partial charge in [0, 0.05) is 35.9 Å². The van der Waals surface area contributed by atoms with Gasteiger partial charge in [0.15, 0.2) is 0 Å². The van der Waals surface area contributed by atoms with Gasteiger partial charge in [-0.15, -0.1) is 11.3 Å². The smallest absolute Gasteiger partial charge is 0.347 e. The van der Waals surface area contributed by atoms with Crippen molar-refractivity contribution in [3.05, 3.63) is 111 Å². The second-order valence-corrected chi connectivity index (χ2v) is 9.81. The van der Waals surface area contributed by atoms with Crippen LogP contribution >= 0.6 is 11.3 Å². The standard InChI is InChI=1S/C28H26F4N4O2S/c1-2-12-36(27(38)20-8-10-22(29)11-9-20)16-23-7-4-13-35(23)17-25-34-24(18-39-25)26(37)33-15-19-5-3-6-21(14-19)28(30,31)32/h3-11,13-14,18H,2,12,15-17H2,1H3,(H,33,37). The second-order valence-electron chi connectivity index (χ2n) is 8.87. The Labute approximate surface area is 226 Å². The van der Waals surface area contributed by atoms with Crippen molar-refractivity contribution in [1.29, 1.82) is 0 Å². The van der Waals surface area contributed by atoms with Crippen LogP contribution in [0.1, 0.15) is 56.0 Å². The van der Waals surface area contributed by atoms with E-state index in [0.29, 0.717) is 35.8 Å². The van der Waals surface area contributed by atoms with Gasteiger partial charge in [0.2, 0.25) is 0 Å². The van der Waals surface area contributed by atoms with E-state index in [1.165, 1.54) is 47.7 Å². The van der Waals surface area contributed by atoms with E-state index in [1.807, 2.05) is 29.8 Å². The number of halogens is 4. The van der Waals surface area contributed by atoms with Crippen molar-refractivity contribution in [2.24, 2.45) is 0 Å². The maximum atomic E-state index is 13.3. The third kappa shape index (κ3) is 7.32. The van der Waals surface area contributed by atoms with E-state index in [1.54, 1.807) is 10.3 Å². The average Bonchev–Trinajstić information content (AvgIpc) is 3.56. The number of amides is 2. The van der Waals surface area contributed by atoms with Crippen LogP contribution in [-0.2, 0) is 25.8 Å². The van der Waals surface area contributed by atoms with Crippen LogP contribution in [0.15, 0.2) is 72.2 Å². The lowest BCUT2D eigenvalue weighted by Gasteiger charge is -2.23. The normalized spacial score (nSPS) is 11.4. The van der Waals surface area contributed by atoms with E-state index in [-0.39, 0.29) is 18.1 Å². The first-order chi connectivity index (χ1) is 18.6. The van der Waals surface area contributed by atoms with Crippen molar-refractivity contribution in [3.63, 3.8) is 0 Å². The van der Waals surface area contributed by atoms with Gasteiger partial charge >= 0.3 is 6.18 Å². The number of aromatic nitrogens is 2. The Balaban J connectivity index is 1.39. The first kappa shape index (κ1) is 28.0. The zero-order chi connectivity index (χ0) is 28.0. The summed E-state index contributed by atoms with van der Waals surface area (Å²) < 4.78 is 54.0. The molecule has 2 amide bonds. The molecule has 2 aromatic heterocycles. The van der Waals surface area contributed by atoms with E-state index in [0.717, 1.165) is 24.2 Å². The first-order valence-corrected chi connectivity index (χ1v) is 13.1. The molecule has 0 unspecified atom stereocenters. The molecule has 0 aliphatic rings. The summed E-state index contributed by atoms with van der Waals surface area (Å²) in [5.74, 6) is -1.09. The van der Waals surface area contributed by atoms with Gasteiger partial charge in [0.25, 0.3) is 11.8 Å². The average molecular weight is 559 g/mol. The van der Waals surface area contributed by atoms with Crippen LogP contribution in [0.3, 0.4) is 0 Å². The maximum Gasteiger partial charge on any atom is 0.416 e. The SMILES string of the molecule is CCCN(Cc1cccn1Cc1nc(C(=O)NCc2cccc(C(F)(F)F)c2)cs1)C(=O)c1ccc(F)cc1. The summed E-state index contributed by atoms with van der Waals surface area (Å²) in [7, 11) is 0. The Hall–Kier alpha value is -3.99. The summed E-state index contributed by atoms with van der Waals surface area (Å²) in [6.45, 7) is 3.14. The molecule has 0 saturated carbocycles. The van der Waals surface area contributed by atoms with Crippen molar-refractivity contribution >= 4 is 23.2 Å². The molecule has 0 radical (unpaired) electrons. The zero-order valence-corrected chi connectivity index (χ0v) is 21.9. The minimum Gasteiger partial charge on any atom is -0.347 e. The van der Waals surface area contributed by atoms with Crippen LogP contribution in [0.25, 0.3) is 0 Å². The van der Waals surface area contributed by atoms with E-state index in [9.17, 15) is 27.2 Å². The molecule has 1 N–H and O–H groups in total. The lowest BCUT2D eigenvalue weighted by Crippen LogP contribution is -2.32. The number of carbonyl (C=O) groups is 2. The van der Waals surface area contributed by atoms with Crippen molar-refractivity contribution < 1.29 is 27.2 Å². The van der Waals surface area contributed by atoms with Gasteiger partial charge in [-0.2, -0.15) is 13.2 Å². The molecule has 4 aromatic rings. The Kier molecular flexibility index (Phi) is 8.80. The van der Waals surface area contributed by atoms with E-state index >= 15 is 0 Å². The van der Waals surface area contributed by atoms with Gasteiger partial charge in [-0.1, -0.05) is 19.1 Å². The molecule has 2 aromatic carbocycles. The summed E-state index contributed by atoms with van der Waals surface area (Å²) in [6, 6.07) is 14.0. The summed E-state index contributed by atoms with van der Waals surface area (Å²) in [4.78, 5) is 31.7. The summed E-state index contributed by atoms with van der Waals surface area (Å²) in [5, 5.41) is 4.87. The van der Waals surface area contributed by atoms with Crippen LogP contribution in [0.4, 0.5) is 17.6 Å². The fourth-order valence-corrected chi connectivity index (χ4v) is 4.78. The fourth-order valence-electron chi connectivity index (χ4n) is 4.00. The van der Waals surface area contributed by atoms with Gasteiger partial charge in [-0.05, 0) is 60.5 Å². The molecular weight excluding hydrogens is 532 g/mol. The molecule has 39 heavy (non-hydrogen) atoms. The van der Waals surface area contributed by atoms with Gasteiger partial charge in [-0.25, -0.2) is 9.37 Å². The third-order valence-electron chi connectivity index (χ3n) is 5.95. The monoisotopic (exact) mass is 558 g/mol. The quantitative estimate of drug-likeness (QED) is 0.238. The van der Waals surface area contributed by atoms with E-state index in [4.69, 9.17) is 0 Å². The third-order valence-corrected chi connectivity index (χ3v) is 6.78. The molecular formula is C28H26F4N4O2S. The highest BCUT2D eigenvalue weighted by atomic mass is 32.1. The highest BCUT2D eigenvalue weighted by Gasteiger charge is 2.30. The predicted molar refractivity (Wildman–Crippen MR) is 140 cm³/mol. The molecule has 0 bridgehead atoms. The minimum atomic E-state index is -4.46. The molecule has 0 aliphatic carbocycles. The number of nitrogens with one attached hydrogen (secondary N) is 1. The molecule has 11 heteroatoms. The van der Waals surface area contributed by atoms with E-state index < -0.39 is 23.5 Å². The van der Waals surface area contributed by atoms with Crippen LogP contribution in [0.2, 0.25) is 0 Å². The van der Waals surface area contributed by atoms with E-state index in [2.05, 4.69) is 10.3 Å². The molecule has 0 spiro atoms. The summed E-state index contributed by atoms with van der Waals surface area (Å²) in [6.07, 6.45) is -1.85. The molecule has 0 aliphatic heterocycles. The summed E-state index contributed by atoms with van der Waals surface area (Å²) in [5.41, 5.74) is 1.00. The highest BCUT2D eigenvalue weighted by Crippen LogP contribution is 2.29. The topological polar surface area (TPSA) is 67.2 Å². The molecule has 0 fully saturated rings. The number of rotatable bonds is 10. The Morgan fingerprint density at radius 1 is 1.08 bits per heavy atom. The minimum absolute atomic E-state index is 0.0628. The van der Waals surface area contributed by atoms with Crippen LogP contribution in [-0.4, -0.2) is 32.8 Å². The summed E-state index contributed by atoms with van der Waals surface area (Å²) >= 11 is 1.29. The van der Waals surface area contributed by atoms with Gasteiger partial charge < -0.3 is 14.8 Å². The molecule has 0 atom stereocenters. The molecule has 2 heterocycles. The van der Waals surface area contributed by atoms with Gasteiger partial charge in [-0.3, -0.25) is 9.59 Å². The lowest BCUT2D eigenvalue weighted by molar-refractivity contribution is -0.137. The van der Waals surface area contributed by atoms with Crippen molar-refractivity contribution in [2.75, 3.05) is 6.54 Å². The number of thiazole rings is 1. The molecule has 6 nitrogen and oxygen atoms in total. The number of hydrogen-bond acceptors (Lipinski definition) is 4. The number of benzene rings is 2. The van der Waals surface area contributed by atoms with Gasteiger partial charge in [0.1, 0.15) is 16.5 Å². The molecule has 0 saturated heterocycles. The largest absolute Gasteiger partial charge is 0.416 e. The van der Waals surface area contributed by atoms with Crippen LogP contribution < -0.4 is 5.32 Å². The molecule has 204 valence electrons. The lowest BCUT2D eigenvalue weighted by atomic mass is 10.1. The second kappa shape index (κ2) is 12.2. The van der Waals surface area contributed by atoms with Crippen molar-refractivity contribution in [1.82, 2.24) is 19.8 Å². The number of hydrogen-bond donors (Lipinski definition) is 1. The Morgan fingerprint density at radius 3 is 2.56 bits per heavy atom. The number of alkyl halides is 3. The predicted octanol–water partition coefficient (Wildman–Crippen LogP) is 6.13. The van der Waals surface area contributed by atoms with Gasteiger partial charge in [0.05, 0.1) is 18.7 Å². The highest BCUT2D eigenvalue weighted by molar-refractivity contribution is 7.09. The number of carbonyl (C=O) groups excluding carboxylic acids is 2. The Morgan fingerprint density at radius 2 is 1.85 bits per heavy atom. The molecule has 4 rings (SSSR count). The van der Waals surface area contributed by atoms with Crippen LogP contribution in [0, 0.1) is 5.82 Å². The van der Waals surface area contributed by atoms with Crippen LogP contribution in [0.5, 0.6) is 0 Å². The van der Waals surface area contributed by atoms with Crippen molar-refractivity contribution in [3.8, 4) is 0 Å². The fraction of sp³-hybridized carbons (Fsp3) is 0.250. The van der Waals surface area contributed by atoms with Crippen molar-refractivity contribution in [2.45, 2.75) is 39.2 Å². The maximum absolute atomic E-state index is 13.3. The zero-order valence-electron chi connectivity index (χ0n) is 21.0.